The molecule has 1 fully saturated rings. The second kappa shape index (κ2) is 5.87. The quantitative estimate of drug-likeness (QED) is 0.906. The first-order valence-electron chi connectivity index (χ1n) is 7.88. The largest absolute Gasteiger partial charge is 0.329 e. The number of rotatable bonds is 4. The lowest BCUT2D eigenvalue weighted by Crippen LogP contribution is -2.62. The van der Waals surface area contributed by atoms with E-state index in [1.807, 2.05) is 0 Å². The molecular formula is C18H30N2. The molecule has 20 heavy (non-hydrogen) atoms. The number of aryl methyl sites for hydroxylation is 1. The summed E-state index contributed by atoms with van der Waals surface area (Å²) in [6.07, 6.45) is 5.15. The molecule has 1 aliphatic rings. The second-order valence-electron chi connectivity index (χ2n) is 7.17. The summed E-state index contributed by atoms with van der Waals surface area (Å²) >= 11 is 0. The molecule has 0 spiro atoms. The third-order valence-electron chi connectivity index (χ3n) is 5.51. The van der Waals surface area contributed by atoms with Crippen molar-refractivity contribution in [3.63, 3.8) is 0 Å². The van der Waals surface area contributed by atoms with E-state index in [0.29, 0.717) is 5.41 Å². The van der Waals surface area contributed by atoms with Crippen LogP contribution in [0, 0.1) is 12.3 Å². The lowest BCUT2D eigenvalue weighted by atomic mass is 9.62. The molecule has 0 heterocycles. The van der Waals surface area contributed by atoms with Gasteiger partial charge < -0.3 is 5.73 Å². The summed E-state index contributed by atoms with van der Waals surface area (Å²) in [4.78, 5) is 2.51. The van der Waals surface area contributed by atoms with E-state index in [4.69, 9.17) is 5.73 Å². The summed E-state index contributed by atoms with van der Waals surface area (Å²) in [5, 5.41) is 0. The Hall–Kier alpha value is -0.860. The van der Waals surface area contributed by atoms with E-state index in [0.717, 1.165) is 13.1 Å². The molecule has 1 aromatic rings. The van der Waals surface area contributed by atoms with Crippen LogP contribution in [0.2, 0.25) is 0 Å². The number of nitrogens with zero attached hydrogens (tertiary/aromatic N) is 1. The minimum atomic E-state index is 0.135. The molecular weight excluding hydrogens is 244 g/mol. The zero-order chi connectivity index (χ0) is 14.8. The van der Waals surface area contributed by atoms with Crippen LogP contribution in [0.4, 0.5) is 0 Å². The Morgan fingerprint density at radius 1 is 1.10 bits per heavy atom. The topological polar surface area (TPSA) is 29.3 Å². The van der Waals surface area contributed by atoms with Gasteiger partial charge in [0.1, 0.15) is 0 Å². The van der Waals surface area contributed by atoms with Crippen molar-refractivity contribution in [3.05, 3.63) is 35.4 Å². The van der Waals surface area contributed by atoms with Gasteiger partial charge in [-0.15, -0.1) is 0 Å². The number of hydrogen-bond donors (Lipinski definition) is 1. The first kappa shape index (κ1) is 15.5. The predicted molar refractivity (Wildman–Crippen MR) is 86.7 cm³/mol. The summed E-state index contributed by atoms with van der Waals surface area (Å²) in [6, 6.07) is 8.88. The fraction of sp³-hybridized carbons (Fsp3) is 0.667. The van der Waals surface area contributed by atoms with Gasteiger partial charge in [0, 0.05) is 18.6 Å². The van der Waals surface area contributed by atoms with Crippen LogP contribution < -0.4 is 5.73 Å². The monoisotopic (exact) mass is 274 g/mol. The molecule has 0 saturated heterocycles. The van der Waals surface area contributed by atoms with E-state index in [-0.39, 0.29) is 5.54 Å². The summed E-state index contributed by atoms with van der Waals surface area (Å²) in [7, 11) is 2.25. The minimum Gasteiger partial charge on any atom is -0.329 e. The van der Waals surface area contributed by atoms with E-state index in [2.05, 4.69) is 57.0 Å². The highest BCUT2D eigenvalue weighted by Gasteiger charge is 2.48. The standard InChI is InChI=1S/C18H30N2/c1-15-7-9-16(10-8-15)13-20(4)18(14-19)12-6-5-11-17(18,2)3/h7-10H,5-6,11-14,19H2,1-4H3. The van der Waals surface area contributed by atoms with Crippen molar-refractivity contribution in [3.8, 4) is 0 Å². The summed E-state index contributed by atoms with van der Waals surface area (Å²) in [5.74, 6) is 0. The highest BCUT2D eigenvalue weighted by atomic mass is 15.2. The van der Waals surface area contributed by atoms with Crippen LogP contribution >= 0.6 is 0 Å². The van der Waals surface area contributed by atoms with Gasteiger partial charge in [0.15, 0.2) is 0 Å². The number of hydrogen-bond acceptors (Lipinski definition) is 2. The van der Waals surface area contributed by atoms with Crippen molar-refractivity contribution in [2.75, 3.05) is 13.6 Å². The molecule has 0 amide bonds. The van der Waals surface area contributed by atoms with Crippen LogP contribution in [0.25, 0.3) is 0 Å². The van der Waals surface area contributed by atoms with Gasteiger partial charge in [-0.1, -0.05) is 56.5 Å². The molecule has 1 aromatic carbocycles. The van der Waals surface area contributed by atoms with Gasteiger partial charge in [-0.2, -0.15) is 0 Å². The third kappa shape index (κ3) is 2.77. The van der Waals surface area contributed by atoms with Crippen molar-refractivity contribution < 1.29 is 0 Å². The molecule has 2 N–H and O–H groups in total. The van der Waals surface area contributed by atoms with Crippen molar-refractivity contribution in [1.82, 2.24) is 4.90 Å². The highest BCUT2D eigenvalue weighted by molar-refractivity contribution is 5.21. The highest BCUT2D eigenvalue weighted by Crippen LogP contribution is 2.46. The summed E-state index contributed by atoms with van der Waals surface area (Å²) in [6.45, 7) is 8.66. The SMILES string of the molecule is Cc1ccc(CN(C)C2(CN)CCCCC2(C)C)cc1. The van der Waals surface area contributed by atoms with Crippen LogP contribution in [0.5, 0.6) is 0 Å². The average molecular weight is 274 g/mol. The van der Waals surface area contributed by atoms with E-state index in [1.54, 1.807) is 0 Å². The van der Waals surface area contributed by atoms with E-state index >= 15 is 0 Å². The van der Waals surface area contributed by atoms with Gasteiger partial charge in [-0.3, -0.25) is 4.90 Å². The lowest BCUT2D eigenvalue weighted by molar-refractivity contribution is -0.0334. The normalized spacial score (nSPS) is 25.9. The Morgan fingerprint density at radius 3 is 2.25 bits per heavy atom. The first-order valence-corrected chi connectivity index (χ1v) is 7.88. The van der Waals surface area contributed by atoms with Crippen LogP contribution in [0.15, 0.2) is 24.3 Å². The third-order valence-corrected chi connectivity index (χ3v) is 5.51. The lowest BCUT2D eigenvalue weighted by Gasteiger charge is -2.55. The maximum Gasteiger partial charge on any atom is 0.0383 e. The zero-order valence-corrected chi connectivity index (χ0v) is 13.6. The molecule has 1 saturated carbocycles. The van der Waals surface area contributed by atoms with Crippen LogP contribution in [-0.4, -0.2) is 24.0 Å². The van der Waals surface area contributed by atoms with E-state index in [1.165, 1.54) is 36.8 Å². The number of benzene rings is 1. The Kier molecular flexibility index (Phi) is 4.55. The van der Waals surface area contributed by atoms with Crippen molar-refractivity contribution in [2.24, 2.45) is 11.1 Å². The molecule has 1 unspecified atom stereocenters. The zero-order valence-electron chi connectivity index (χ0n) is 13.6. The van der Waals surface area contributed by atoms with Crippen molar-refractivity contribution >= 4 is 0 Å². The predicted octanol–water partition coefficient (Wildman–Crippen LogP) is 3.72. The summed E-state index contributed by atoms with van der Waals surface area (Å²) < 4.78 is 0. The van der Waals surface area contributed by atoms with E-state index in [9.17, 15) is 0 Å². The van der Waals surface area contributed by atoms with Gasteiger partial charge in [-0.25, -0.2) is 0 Å². The molecule has 112 valence electrons. The van der Waals surface area contributed by atoms with Gasteiger partial charge in [-0.05, 0) is 37.8 Å². The Morgan fingerprint density at radius 2 is 1.70 bits per heavy atom. The minimum absolute atomic E-state index is 0.135. The molecule has 2 heteroatoms. The van der Waals surface area contributed by atoms with Crippen LogP contribution in [0.3, 0.4) is 0 Å². The molecule has 0 bridgehead atoms. The molecule has 1 aliphatic carbocycles. The molecule has 2 rings (SSSR count). The first-order chi connectivity index (χ1) is 9.41. The smallest absolute Gasteiger partial charge is 0.0383 e. The molecule has 2 nitrogen and oxygen atoms in total. The number of nitrogens with two attached hydrogens (primary N) is 1. The van der Waals surface area contributed by atoms with Gasteiger partial charge in [0.2, 0.25) is 0 Å². The maximum atomic E-state index is 6.25. The van der Waals surface area contributed by atoms with Gasteiger partial charge in [0.25, 0.3) is 0 Å². The molecule has 0 aromatic heterocycles. The second-order valence-corrected chi connectivity index (χ2v) is 7.17. The molecule has 0 aliphatic heterocycles. The summed E-state index contributed by atoms with van der Waals surface area (Å²) in [5.41, 5.74) is 9.38. The Labute approximate surface area is 124 Å². The average Bonchev–Trinajstić information content (AvgIpc) is 2.41. The van der Waals surface area contributed by atoms with E-state index < -0.39 is 0 Å². The molecule has 0 radical (unpaired) electrons. The van der Waals surface area contributed by atoms with Crippen LogP contribution in [0.1, 0.15) is 50.7 Å². The van der Waals surface area contributed by atoms with Crippen LogP contribution in [-0.2, 0) is 6.54 Å². The fourth-order valence-electron chi connectivity index (χ4n) is 3.92. The Bertz CT molecular complexity index is 435. The Balaban J connectivity index is 2.20. The number of likely N-dealkylation sites (N-methyl/N-ethyl adjacent to an activating group) is 1. The van der Waals surface area contributed by atoms with Crippen molar-refractivity contribution in [2.45, 2.75) is 58.5 Å². The van der Waals surface area contributed by atoms with Crippen molar-refractivity contribution in [1.29, 1.82) is 0 Å². The van der Waals surface area contributed by atoms with Gasteiger partial charge >= 0.3 is 0 Å². The maximum absolute atomic E-state index is 6.25. The van der Waals surface area contributed by atoms with Gasteiger partial charge in [0.05, 0.1) is 0 Å². The fourth-order valence-corrected chi connectivity index (χ4v) is 3.92. The molecule has 1 atom stereocenters.